The molecule has 1 aromatic carbocycles. The van der Waals surface area contributed by atoms with E-state index in [-0.39, 0.29) is 23.4 Å². The Hall–Kier alpha value is -1.63. The lowest BCUT2D eigenvalue weighted by atomic mass is 9.90. The first kappa shape index (κ1) is 21.7. The summed E-state index contributed by atoms with van der Waals surface area (Å²) in [5, 5.41) is 2.58. The van der Waals surface area contributed by atoms with E-state index in [1.807, 2.05) is 0 Å². The first-order chi connectivity index (χ1) is 12.5. The standard InChI is InChI=1S/C20H28F4N2O/c1-19(2,3)8-10-26-9-7-15(17(21)13-26)12-25-18(27)14-5-4-6-16(11-14)20(22,23)24/h4-6,11,15,17H,7-10,12-13H2,1-3H3,(H,25,27)/t15-,17-/m0/s1. The van der Waals surface area contributed by atoms with Gasteiger partial charge in [-0.25, -0.2) is 4.39 Å². The third-order valence-electron chi connectivity index (χ3n) is 4.92. The summed E-state index contributed by atoms with van der Waals surface area (Å²) in [4.78, 5) is 14.2. The summed E-state index contributed by atoms with van der Waals surface area (Å²) in [5.41, 5.74) is -0.741. The van der Waals surface area contributed by atoms with Gasteiger partial charge in [-0.05, 0) is 49.5 Å². The second-order valence-electron chi connectivity index (χ2n) is 8.46. The van der Waals surface area contributed by atoms with Crippen molar-refractivity contribution in [3.05, 3.63) is 35.4 Å². The first-order valence-corrected chi connectivity index (χ1v) is 9.27. The normalized spacial score (nSPS) is 21.9. The van der Waals surface area contributed by atoms with Crippen LogP contribution < -0.4 is 5.32 Å². The number of hydrogen-bond acceptors (Lipinski definition) is 2. The number of likely N-dealkylation sites (tertiary alicyclic amines) is 1. The molecule has 0 bridgehead atoms. The molecule has 0 aliphatic carbocycles. The van der Waals surface area contributed by atoms with Crippen LogP contribution in [0.1, 0.15) is 49.5 Å². The van der Waals surface area contributed by atoms with Gasteiger partial charge in [0, 0.05) is 24.6 Å². The number of rotatable bonds is 5. The van der Waals surface area contributed by atoms with E-state index in [0.29, 0.717) is 13.0 Å². The van der Waals surface area contributed by atoms with Crippen LogP contribution in [-0.2, 0) is 6.18 Å². The van der Waals surface area contributed by atoms with Gasteiger partial charge >= 0.3 is 6.18 Å². The molecular weight excluding hydrogens is 360 g/mol. The van der Waals surface area contributed by atoms with Crippen LogP contribution in [0.5, 0.6) is 0 Å². The smallest absolute Gasteiger partial charge is 0.352 e. The van der Waals surface area contributed by atoms with Crippen molar-refractivity contribution in [2.75, 3.05) is 26.2 Å². The summed E-state index contributed by atoms with van der Waals surface area (Å²) in [6.45, 7) is 8.51. The van der Waals surface area contributed by atoms with Crippen molar-refractivity contribution < 1.29 is 22.4 Å². The van der Waals surface area contributed by atoms with Crippen molar-refractivity contribution in [2.45, 2.75) is 46.0 Å². The molecule has 0 saturated carbocycles. The highest BCUT2D eigenvalue weighted by atomic mass is 19.4. The Morgan fingerprint density at radius 2 is 1.96 bits per heavy atom. The molecule has 2 atom stereocenters. The minimum Gasteiger partial charge on any atom is -0.352 e. The van der Waals surface area contributed by atoms with E-state index in [0.717, 1.165) is 31.6 Å². The summed E-state index contributed by atoms with van der Waals surface area (Å²) in [7, 11) is 0. The Balaban J connectivity index is 1.84. The van der Waals surface area contributed by atoms with E-state index in [9.17, 15) is 22.4 Å². The van der Waals surface area contributed by atoms with E-state index in [2.05, 4.69) is 31.0 Å². The Labute approximate surface area is 158 Å². The van der Waals surface area contributed by atoms with Gasteiger partial charge in [0.1, 0.15) is 6.17 Å². The Kier molecular flexibility index (Phi) is 6.89. The minimum absolute atomic E-state index is 0.0668. The average Bonchev–Trinajstić information content (AvgIpc) is 2.57. The summed E-state index contributed by atoms with van der Waals surface area (Å²) in [5.74, 6) is -0.922. The van der Waals surface area contributed by atoms with Crippen LogP contribution in [0.2, 0.25) is 0 Å². The quantitative estimate of drug-likeness (QED) is 0.752. The highest BCUT2D eigenvalue weighted by Gasteiger charge is 2.32. The molecule has 0 spiro atoms. The molecule has 1 aromatic rings. The molecule has 7 heteroatoms. The van der Waals surface area contributed by atoms with Crippen molar-refractivity contribution in [3.8, 4) is 0 Å². The Bertz CT molecular complexity index is 640. The number of nitrogens with zero attached hydrogens (tertiary/aromatic N) is 1. The summed E-state index contributed by atoms with van der Waals surface area (Å²) >= 11 is 0. The van der Waals surface area contributed by atoms with Crippen molar-refractivity contribution >= 4 is 5.91 Å². The Morgan fingerprint density at radius 3 is 2.56 bits per heavy atom. The van der Waals surface area contributed by atoms with E-state index < -0.39 is 23.8 Å². The molecule has 1 aliphatic rings. The minimum atomic E-state index is -4.50. The Morgan fingerprint density at radius 1 is 1.26 bits per heavy atom. The number of carbonyl (C=O) groups is 1. The monoisotopic (exact) mass is 388 g/mol. The second kappa shape index (κ2) is 8.59. The highest BCUT2D eigenvalue weighted by Crippen LogP contribution is 2.29. The van der Waals surface area contributed by atoms with E-state index in [1.165, 1.54) is 12.1 Å². The number of benzene rings is 1. The van der Waals surface area contributed by atoms with Crippen LogP contribution in [-0.4, -0.2) is 43.2 Å². The van der Waals surface area contributed by atoms with Crippen LogP contribution in [0.3, 0.4) is 0 Å². The molecule has 2 rings (SSSR count). The lowest BCUT2D eigenvalue weighted by molar-refractivity contribution is -0.137. The molecule has 0 aromatic heterocycles. The first-order valence-electron chi connectivity index (χ1n) is 9.27. The molecule has 27 heavy (non-hydrogen) atoms. The van der Waals surface area contributed by atoms with Crippen LogP contribution in [0, 0.1) is 11.3 Å². The van der Waals surface area contributed by atoms with E-state index >= 15 is 0 Å². The van der Waals surface area contributed by atoms with E-state index in [4.69, 9.17) is 0 Å². The van der Waals surface area contributed by atoms with Gasteiger partial charge in [0.15, 0.2) is 0 Å². The third kappa shape index (κ3) is 6.79. The highest BCUT2D eigenvalue weighted by molar-refractivity contribution is 5.94. The van der Waals surface area contributed by atoms with Crippen LogP contribution >= 0.6 is 0 Å². The number of amides is 1. The number of alkyl halides is 4. The summed E-state index contributed by atoms with van der Waals surface area (Å²) in [6, 6.07) is 4.26. The molecule has 0 radical (unpaired) electrons. The van der Waals surface area contributed by atoms with Crippen molar-refractivity contribution in [2.24, 2.45) is 11.3 Å². The van der Waals surface area contributed by atoms with Crippen LogP contribution in [0.15, 0.2) is 24.3 Å². The van der Waals surface area contributed by atoms with Gasteiger partial charge in [0.25, 0.3) is 5.91 Å². The molecule has 1 saturated heterocycles. The zero-order valence-electron chi connectivity index (χ0n) is 16.1. The fourth-order valence-electron chi connectivity index (χ4n) is 3.11. The van der Waals surface area contributed by atoms with Gasteiger partial charge in [-0.1, -0.05) is 26.8 Å². The molecule has 0 unspecified atom stereocenters. The molecule has 1 N–H and O–H groups in total. The predicted octanol–water partition coefficient (Wildman–Crippen LogP) is 4.53. The molecule has 1 fully saturated rings. The average molecular weight is 388 g/mol. The molecular formula is C20H28F4N2O. The van der Waals surface area contributed by atoms with Gasteiger partial charge in [0.05, 0.1) is 5.56 Å². The largest absolute Gasteiger partial charge is 0.416 e. The fraction of sp³-hybridized carbons (Fsp3) is 0.650. The van der Waals surface area contributed by atoms with Gasteiger partial charge in [-0.2, -0.15) is 13.2 Å². The maximum absolute atomic E-state index is 14.4. The topological polar surface area (TPSA) is 32.3 Å². The lowest BCUT2D eigenvalue weighted by Crippen LogP contribution is -2.46. The van der Waals surface area contributed by atoms with Crippen molar-refractivity contribution in [3.63, 3.8) is 0 Å². The number of carbonyl (C=O) groups excluding carboxylic acids is 1. The van der Waals surface area contributed by atoms with Crippen LogP contribution in [0.4, 0.5) is 17.6 Å². The van der Waals surface area contributed by atoms with Gasteiger partial charge in [-0.3, -0.25) is 4.79 Å². The van der Waals surface area contributed by atoms with Crippen molar-refractivity contribution in [1.82, 2.24) is 10.2 Å². The van der Waals surface area contributed by atoms with Gasteiger partial charge in [-0.15, -0.1) is 0 Å². The summed E-state index contributed by atoms with van der Waals surface area (Å²) in [6.07, 6.45) is -3.95. The SMILES string of the molecule is CC(C)(C)CCN1CC[C@@H](CNC(=O)c2cccc(C(F)(F)F)c2)[C@@H](F)C1. The molecule has 1 heterocycles. The van der Waals surface area contributed by atoms with E-state index in [1.54, 1.807) is 0 Å². The maximum Gasteiger partial charge on any atom is 0.416 e. The van der Waals surface area contributed by atoms with Crippen LogP contribution in [0.25, 0.3) is 0 Å². The maximum atomic E-state index is 14.4. The lowest BCUT2D eigenvalue weighted by Gasteiger charge is -2.36. The molecule has 1 aliphatic heterocycles. The van der Waals surface area contributed by atoms with Crippen molar-refractivity contribution in [1.29, 1.82) is 0 Å². The summed E-state index contributed by atoms with van der Waals surface area (Å²) < 4.78 is 52.7. The van der Waals surface area contributed by atoms with Gasteiger partial charge in [0.2, 0.25) is 0 Å². The number of hydrogen-bond donors (Lipinski definition) is 1. The second-order valence-corrected chi connectivity index (χ2v) is 8.46. The molecule has 3 nitrogen and oxygen atoms in total. The number of nitrogens with one attached hydrogen (secondary N) is 1. The predicted molar refractivity (Wildman–Crippen MR) is 97.3 cm³/mol. The zero-order valence-corrected chi connectivity index (χ0v) is 16.1. The molecule has 1 amide bonds. The third-order valence-corrected chi connectivity index (χ3v) is 4.92. The number of piperidine rings is 1. The van der Waals surface area contributed by atoms with Gasteiger partial charge < -0.3 is 10.2 Å². The zero-order chi connectivity index (χ0) is 20.2. The fourth-order valence-corrected chi connectivity index (χ4v) is 3.11. The molecule has 152 valence electrons. The number of halogens is 4.